The van der Waals surface area contributed by atoms with E-state index in [2.05, 4.69) is 97.1 Å². The van der Waals surface area contributed by atoms with Crippen molar-refractivity contribution in [2.45, 2.75) is 108 Å². The molecule has 1 aliphatic rings. The first-order valence-corrected chi connectivity index (χ1v) is 10.2. The van der Waals surface area contributed by atoms with Crippen molar-refractivity contribution < 1.29 is 20.3 Å². The third-order valence-corrected chi connectivity index (χ3v) is 5.09. The van der Waals surface area contributed by atoms with E-state index < -0.39 is 0 Å². The monoisotopic (exact) mass is 395 g/mol. The minimum atomic E-state index is 0.167. The van der Waals surface area contributed by atoms with Crippen LogP contribution >= 0.6 is 0 Å². The minimum Gasteiger partial charge on any atom is -0.213 e. The van der Waals surface area contributed by atoms with Gasteiger partial charge in [-0.05, 0) is 64.2 Å². The molecule has 0 aromatic carbocycles. The zero-order valence-electron chi connectivity index (χ0n) is 19.5. The van der Waals surface area contributed by atoms with Crippen LogP contribution in [0.5, 0.6) is 0 Å². The Morgan fingerprint density at radius 3 is 1.00 bits per heavy atom. The molecule has 1 aliphatic carbocycles. The van der Waals surface area contributed by atoms with E-state index in [0.29, 0.717) is 12.1 Å². The standard InChI is InChI=1S/C10H15.C8H17N2.C4H9N.Ti/c1-6-7(2)9(4)10(5)8(6)3;1-6(2)9-8(5)10-7(3)4;1-4(2,3)5;/h1-5H3;6-7H,1-5H3;1-3H3;/q;;;+2. The average Bonchev–Trinajstić information content (AvgIpc) is 2.64. The number of rotatable bonds is 4. The normalized spacial score (nSPS) is 18.2. The first-order chi connectivity index (χ1) is 11.6. The van der Waals surface area contributed by atoms with E-state index in [9.17, 15) is 0 Å². The van der Waals surface area contributed by atoms with Gasteiger partial charge in [0.05, 0.1) is 0 Å². The topological polar surface area (TPSA) is 40.6 Å². The van der Waals surface area contributed by atoms with Gasteiger partial charge in [-0.15, -0.1) is 0 Å². The molecule has 0 aliphatic heterocycles. The Bertz CT molecular complexity index is 308. The van der Waals surface area contributed by atoms with Gasteiger partial charge in [0.1, 0.15) is 6.17 Å². The molecule has 0 heterocycles. The molecule has 1 rings (SSSR count). The van der Waals surface area contributed by atoms with Crippen molar-refractivity contribution in [2.75, 3.05) is 0 Å². The number of hydrogen-bond acceptors (Lipinski definition) is 1. The van der Waals surface area contributed by atoms with Crippen molar-refractivity contribution in [1.29, 1.82) is 0 Å². The third kappa shape index (κ3) is 13.6. The Balaban J connectivity index is 0. The van der Waals surface area contributed by atoms with Gasteiger partial charge in [-0.25, -0.2) is 10.6 Å². The fourth-order valence-electron chi connectivity index (χ4n) is 2.19. The quantitative estimate of drug-likeness (QED) is 0.523. The second-order valence-electron chi connectivity index (χ2n) is 8.40. The van der Waals surface area contributed by atoms with Crippen LogP contribution in [0, 0.1) is 35.8 Å². The molecule has 26 heavy (non-hydrogen) atoms. The molecular formula is C22H41N3Ti+2. The van der Waals surface area contributed by atoms with Crippen LogP contribution in [-0.4, -0.2) is 17.6 Å². The summed E-state index contributed by atoms with van der Waals surface area (Å²) in [5.41, 5.74) is 0.167. The number of nitrogens with zero attached hydrogens (tertiary/aromatic N) is 3. The second kappa shape index (κ2) is 13.6. The molecule has 3 nitrogen and oxygen atoms in total. The molecule has 0 unspecified atom stereocenters. The predicted octanol–water partition coefficient (Wildman–Crippen LogP) is 6.01. The summed E-state index contributed by atoms with van der Waals surface area (Å²) in [4.78, 5) is 0. The predicted molar refractivity (Wildman–Crippen MR) is 110 cm³/mol. The van der Waals surface area contributed by atoms with Crippen LogP contribution in [0.4, 0.5) is 0 Å². The summed E-state index contributed by atoms with van der Waals surface area (Å²) >= 11 is 1.83. The molecular weight excluding hydrogens is 354 g/mol. The van der Waals surface area contributed by atoms with Gasteiger partial charge in [0.2, 0.25) is 0 Å². The largest absolute Gasteiger partial charge is 0.213 e. The second-order valence-corrected chi connectivity index (χ2v) is 8.75. The Labute approximate surface area is 177 Å². The third-order valence-electron chi connectivity index (χ3n) is 4.04. The van der Waals surface area contributed by atoms with Crippen molar-refractivity contribution in [3.8, 4) is 0 Å². The van der Waals surface area contributed by atoms with E-state index >= 15 is 0 Å². The maximum atomic E-state index is 4.27. The first-order valence-electron chi connectivity index (χ1n) is 9.47. The van der Waals surface area contributed by atoms with Crippen LogP contribution in [0.15, 0.2) is 3.42 Å². The van der Waals surface area contributed by atoms with E-state index in [1.165, 1.54) is 29.6 Å². The van der Waals surface area contributed by atoms with E-state index in [-0.39, 0.29) is 5.54 Å². The molecule has 4 heteroatoms. The van der Waals surface area contributed by atoms with Gasteiger partial charge < -0.3 is 0 Å². The summed E-state index contributed by atoms with van der Waals surface area (Å²) in [6.07, 6.45) is 0.907. The van der Waals surface area contributed by atoms with Crippen molar-refractivity contribution in [3.63, 3.8) is 0 Å². The molecule has 146 valence electrons. The summed E-state index contributed by atoms with van der Waals surface area (Å²) in [6, 6.07) is 0.727. The van der Waals surface area contributed by atoms with Gasteiger partial charge in [0.25, 0.3) is 0 Å². The summed E-state index contributed by atoms with van der Waals surface area (Å²) in [6.45, 7) is 27.4. The molecule has 1 fully saturated rings. The molecule has 8 radical (unpaired) electrons. The van der Waals surface area contributed by atoms with E-state index in [0.717, 1.165) is 6.17 Å². The average molecular weight is 395 g/mol. The van der Waals surface area contributed by atoms with Gasteiger partial charge in [0, 0.05) is 12.1 Å². The molecule has 0 bridgehead atoms. The van der Waals surface area contributed by atoms with Crippen LogP contribution in [0.1, 0.15) is 90.0 Å². The molecule has 0 aromatic heterocycles. The van der Waals surface area contributed by atoms with Gasteiger partial charge >= 0.3 is 50.0 Å². The maximum absolute atomic E-state index is 4.27. The van der Waals surface area contributed by atoms with Gasteiger partial charge in [0.15, 0.2) is 0 Å². The van der Waals surface area contributed by atoms with Crippen molar-refractivity contribution in [2.24, 2.45) is 3.42 Å². The van der Waals surface area contributed by atoms with Gasteiger partial charge in [-0.3, -0.25) is 0 Å². The van der Waals surface area contributed by atoms with E-state index in [1.54, 1.807) is 0 Å². The van der Waals surface area contributed by atoms with Crippen LogP contribution in [0.3, 0.4) is 0 Å². The zero-order valence-corrected chi connectivity index (χ0v) is 21.1. The Morgan fingerprint density at radius 1 is 0.692 bits per heavy atom. The minimum absolute atomic E-state index is 0.167. The summed E-state index contributed by atoms with van der Waals surface area (Å²) < 4.78 is 4.02. The smallest absolute Gasteiger partial charge is 0.132 e. The van der Waals surface area contributed by atoms with Crippen molar-refractivity contribution >= 4 is 0 Å². The Morgan fingerprint density at radius 2 is 0.885 bits per heavy atom. The molecule has 0 spiro atoms. The SMILES string of the molecule is CC(C)(C)[N]=[Ti+2].C[C]([N]C(C)C)[N]C(C)C.C[C]1[C](C)[C](C)[C](C)[C]1C. The first kappa shape index (κ1) is 28.6. The Kier molecular flexibility index (Phi) is 15.0. The fourth-order valence-corrected chi connectivity index (χ4v) is 2.19. The molecule has 0 amide bonds. The molecule has 0 aromatic rings. The molecule has 0 N–H and O–H groups in total. The van der Waals surface area contributed by atoms with E-state index in [1.807, 2.05) is 27.2 Å². The van der Waals surface area contributed by atoms with Gasteiger partial charge in [-0.2, -0.15) is 0 Å². The fraction of sp³-hybridized carbons (Fsp3) is 0.727. The van der Waals surface area contributed by atoms with Crippen LogP contribution < -0.4 is 10.6 Å². The molecule has 0 saturated heterocycles. The zero-order chi connectivity index (χ0) is 21.2. The van der Waals surface area contributed by atoms with Crippen LogP contribution in [0.25, 0.3) is 0 Å². The number of hydrogen-bond donors (Lipinski definition) is 0. The molecule has 1 saturated carbocycles. The van der Waals surface area contributed by atoms with Gasteiger partial charge in [-0.1, -0.05) is 34.6 Å². The van der Waals surface area contributed by atoms with Crippen molar-refractivity contribution in [3.05, 3.63) is 35.8 Å². The maximum Gasteiger partial charge on any atom is 0.132 e. The summed E-state index contributed by atoms with van der Waals surface area (Å²) in [5.74, 6) is 7.34. The van der Waals surface area contributed by atoms with Crippen molar-refractivity contribution in [1.82, 2.24) is 10.6 Å². The van der Waals surface area contributed by atoms with Crippen LogP contribution in [-0.2, 0) is 20.3 Å². The van der Waals surface area contributed by atoms with Crippen LogP contribution in [0.2, 0.25) is 0 Å². The summed E-state index contributed by atoms with van der Waals surface area (Å²) in [7, 11) is 0. The molecule has 0 atom stereocenters. The van der Waals surface area contributed by atoms with E-state index in [4.69, 9.17) is 0 Å². The summed E-state index contributed by atoms with van der Waals surface area (Å²) in [5, 5.41) is 8.54. The Hall–Kier alpha value is 0.434.